The molecule has 0 aliphatic heterocycles. The summed E-state index contributed by atoms with van der Waals surface area (Å²) in [6.45, 7) is 5.47. The minimum atomic E-state index is -0.950. The molecule has 8 heteroatoms. The number of hydrogen-bond acceptors (Lipinski definition) is 8. The van der Waals surface area contributed by atoms with Crippen LogP contribution in [0.4, 0.5) is 5.13 Å². The number of thioether (sulfide) groups is 1. The molecule has 2 N–H and O–H groups in total. The van der Waals surface area contributed by atoms with Gasteiger partial charge in [-0.1, -0.05) is 23.1 Å². The van der Waals surface area contributed by atoms with E-state index in [-0.39, 0.29) is 23.3 Å². The lowest BCUT2D eigenvalue weighted by atomic mass is 10.0. The number of carbonyl (C=O) groups is 1. The van der Waals surface area contributed by atoms with E-state index in [0.717, 1.165) is 0 Å². The van der Waals surface area contributed by atoms with Crippen LogP contribution in [0.25, 0.3) is 0 Å². The minimum absolute atomic E-state index is 0.0764. The lowest BCUT2D eigenvalue weighted by molar-refractivity contribution is -0.117. The molecule has 0 fully saturated rings. The molecule has 0 unspecified atom stereocenters. The second-order valence-electron chi connectivity index (χ2n) is 4.17. The van der Waals surface area contributed by atoms with Gasteiger partial charge in [0, 0.05) is 11.8 Å². The molecule has 0 spiro atoms. The lowest BCUT2D eigenvalue weighted by Gasteiger charge is -2.04. The van der Waals surface area contributed by atoms with Crippen LogP contribution in [0.3, 0.4) is 0 Å². The highest BCUT2D eigenvalue weighted by atomic mass is 32.2. The predicted octanol–water partition coefficient (Wildman–Crippen LogP) is 2.20. The summed E-state index contributed by atoms with van der Waals surface area (Å²) in [4.78, 5) is 11.7. The summed E-state index contributed by atoms with van der Waals surface area (Å²) in [7, 11) is 0. The quantitative estimate of drug-likeness (QED) is 0.591. The lowest BCUT2D eigenvalue weighted by Crippen LogP contribution is -2.21. The van der Waals surface area contributed by atoms with Gasteiger partial charge in [-0.2, -0.15) is 5.26 Å². The molecule has 1 atom stereocenters. The van der Waals surface area contributed by atoms with Crippen molar-refractivity contribution in [1.29, 1.82) is 10.7 Å². The van der Waals surface area contributed by atoms with Crippen LogP contribution in [0, 0.1) is 22.7 Å². The zero-order valence-electron chi connectivity index (χ0n) is 10.9. The Morgan fingerprint density at radius 2 is 2.26 bits per heavy atom. The number of nitriles is 1. The summed E-state index contributed by atoms with van der Waals surface area (Å²) < 4.78 is 0.677. The first-order valence-corrected chi connectivity index (χ1v) is 7.44. The van der Waals surface area contributed by atoms with E-state index >= 15 is 0 Å². The van der Waals surface area contributed by atoms with Gasteiger partial charge in [0.2, 0.25) is 5.13 Å². The van der Waals surface area contributed by atoms with Gasteiger partial charge in [0.25, 0.3) is 0 Å². The van der Waals surface area contributed by atoms with Crippen LogP contribution in [0.2, 0.25) is 0 Å². The molecule has 0 bridgehead atoms. The molecule has 1 aromatic rings. The normalized spacial score (nSPS) is 11.9. The van der Waals surface area contributed by atoms with Gasteiger partial charge < -0.3 is 10.7 Å². The summed E-state index contributed by atoms with van der Waals surface area (Å²) in [5, 5.41) is 27.9. The molecular weight excluding hydrogens is 282 g/mol. The first kappa shape index (κ1) is 15.6. The van der Waals surface area contributed by atoms with Crippen molar-refractivity contribution in [3.05, 3.63) is 0 Å². The molecule has 102 valence electrons. The average Bonchev–Trinajstić information content (AvgIpc) is 2.73. The van der Waals surface area contributed by atoms with Crippen molar-refractivity contribution in [1.82, 2.24) is 10.2 Å². The molecule has 0 amide bonds. The summed E-state index contributed by atoms with van der Waals surface area (Å²) >= 11 is 2.62. The average molecular weight is 297 g/mol. The molecule has 1 aromatic heterocycles. The fourth-order valence-corrected chi connectivity index (χ4v) is 3.00. The summed E-state index contributed by atoms with van der Waals surface area (Å²) in [6.07, 6.45) is 0. The van der Waals surface area contributed by atoms with Gasteiger partial charge in [-0.15, -0.1) is 10.2 Å². The van der Waals surface area contributed by atoms with Crippen LogP contribution in [0.15, 0.2) is 4.34 Å². The van der Waals surface area contributed by atoms with Crippen LogP contribution in [-0.4, -0.2) is 33.5 Å². The molecule has 0 aliphatic rings. The van der Waals surface area contributed by atoms with Crippen molar-refractivity contribution < 1.29 is 4.79 Å². The number of hydrogen-bond donors (Lipinski definition) is 2. The molecule has 0 saturated heterocycles. The molecule has 0 aromatic carbocycles. The van der Waals surface area contributed by atoms with Gasteiger partial charge in [-0.05, 0) is 20.8 Å². The second kappa shape index (κ2) is 7.21. The Balaban J connectivity index is 2.53. The standard InChI is InChI=1S/C11H15N5OS2/c1-6(2)14-10-15-16-11(19-10)18-5-9(17)8(4-12)7(3)13/h6,8,13H,5H2,1-3H3,(H,14,15)/t8-/m1/s1. The van der Waals surface area contributed by atoms with E-state index in [1.54, 1.807) is 0 Å². The maximum Gasteiger partial charge on any atom is 0.206 e. The molecular formula is C11H15N5OS2. The third kappa shape index (κ3) is 4.96. The van der Waals surface area contributed by atoms with Crippen LogP contribution in [0.1, 0.15) is 20.8 Å². The zero-order valence-corrected chi connectivity index (χ0v) is 12.6. The Kier molecular flexibility index (Phi) is 5.92. The van der Waals surface area contributed by atoms with E-state index in [1.165, 1.54) is 30.0 Å². The van der Waals surface area contributed by atoms with Gasteiger partial charge in [0.1, 0.15) is 5.92 Å². The zero-order chi connectivity index (χ0) is 14.4. The van der Waals surface area contributed by atoms with Crippen molar-refractivity contribution in [3.8, 4) is 6.07 Å². The van der Waals surface area contributed by atoms with Crippen LogP contribution >= 0.6 is 23.1 Å². The number of ketones is 1. The molecule has 1 heterocycles. The number of rotatable bonds is 7. The summed E-state index contributed by atoms with van der Waals surface area (Å²) in [5.74, 6) is -1.09. The van der Waals surface area contributed by atoms with Crippen LogP contribution in [0.5, 0.6) is 0 Å². The Labute approximate surface area is 120 Å². The fourth-order valence-electron chi connectivity index (χ4n) is 1.20. The summed E-state index contributed by atoms with van der Waals surface area (Å²) in [5.41, 5.74) is 0.0764. The van der Waals surface area contributed by atoms with E-state index in [4.69, 9.17) is 10.7 Å². The molecule has 1 rings (SSSR count). The van der Waals surface area contributed by atoms with Gasteiger partial charge in [0.15, 0.2) is 10.1 Å². The number of nitrogens with one attached hydrogen (secondary N) is 2. The van der Waals surface area contributed by atoms with Gasteiger partial charge in [-0.25, -0.2) is 0 Å². The minimum Gasteiger partial charge on any atom is -0.358 e. The third-order valence-electron chi connectivity index (χ3n) is 2.04. The Morgan fingerprint density at radius 3 is 2.79 bits per heavy atom. The highest BCUT2D eigenvalue weighted by molar-refractivity contribution is 8.01. The topological polar surface area (TPSA) is 103 Å². The Hall–Kier alpha value is -1.46. The number of nitrogens with zero attached hydrogens (tertiary/aromatic N) is 3. The molecule has 0 aliphatic carbocycles. The van der Waals surface area contributed by atoms with E-state index < -0.39 is 5.92 Å². The van der Waals surface area contributed by atoms with Crippen LogP contribution in [-0.2, 0) is 4.79 Å². The van der Waals surface area contributed by atoms with Gasteiger partial charge in [-0.3, -0.25) is 4.79 Å². The Morgan fingerprint density at radius 1 is 1.58 bits per heavy atom. The summed E-state index contributed by atoms with van der Waals surface area (Å²) in [6, 6.07) is 2.11. The number of Topliss-reactive ketones (excluding diaryl/α,β-unsaturated/α-hetero) is 1. The SMILES string of the molecule is CC(=N)[C@@H](C#N)C(=O)CSc1nnc(NC(C)C)s1. The van der Waals surface area contributed by atoms with Crippen LogP contribution < -0.4 is 5.32 Å². The third-order valence-corrected chi connectivity index (χ3v) is 4.05. The van der Waals surface area contributed by atoms with Crippen molar-refractivity contribution in [2.75, 3.05) is 11.1 Å². The highest BCUT2D eigenvalue weighted by Crippen LogP contribution is 2.26. The van der Waals surface area contributed by atoms with E-state index in [0.29, 0.717) is 9.47 Å². The Bertz CT molecular complexity index is 505. The first-order valence-electron chi connectivity index (χ1n) is 5.64. The molecule has 0 radical (unpaired) electrons. The van der Waals surface area contributed by atoms with Crippen molar-refractivity contribution >= 4 is 39.7 Å². The van der Waals surface area contributed by atoms with Crippen molar-refractivity contribution in [2.45, 2.75) is 31.2 Å². The highest BCUT2D eigenvalue weighted by Gasteiger charge is 2.20. The van der Waals surface area contributed by atoms with Gasteiger partial charge >= 0.3 is 0 Å². The molecule has 19 heavy (non-hydrogen) atoms. The van der Waals surface area contributed by atoms with E-state index in [9.17, 15) is 4.79 Å². The van der Waals surface area contributed by atoms with E-state index in [1.807, 2.05) is 19.9 Å². The second-order valence-corrected chi connectivity index (χ2v) is 6.37. The fraction of sp³-hybridized carbons (Fsp3) is 0.545. The number of carbonyl (C=O) groups excluding carboxylic acids is 1. The van der Waals surface area contributed by atoms with Crippen molar-refractivity contribution in [3.63, 3.8) is 0 Å². The predicted molar refractivity (Wildman–Crippen MR) is 76.9 cm³/mol. The first-order chi connectivity index (χ1) is 8.93. The number of anilines is 1. The smallest absolute Gasteiger partial charge is 0.206 e. The van der Waals surface area contributed by atoms with Crippen molar-refractivity contribution in [2.24, 2.45) is 5.92 Å². The molecule has 6 nitrogen and oxygen atoms in total. The van der Waals surface area contributed by atoms with E-state index in [2.05, 4.69) is 15.5 Å². The maximum atomic E-state index is 11.7. The molecule has 0 saturated carbocycles. The van der Waals surface area contributed by atoms with Gasteiger partial charge in [0.05, 0.1) is 11.8 Å². The maximum absolute atomic E-state index is 11.7. The number of aromatic nitrogens is 2. The monoisotopic (exact) mass is 297 g/mol. The largest absolute Gasteiger partial charge is 0.358 e.